The third kappa shape index (κ3) is 2.89. The second-order valence-corrected chi connectivity index (χ2v) is 6.20. The van der Waals surface area contributed by atoms with Crippen LogP contribution in [0.2, 0.25) is 0 Å². The molecule has 0 radical (unpaired) electrons. The SMILES string of the molecule is Cc1cc(C)n(Cc2nc(-c3ccc(N4CCCC4)nc3)no2)n1. The lowest BCUT2D eigenvalue weighted by Gasteiger charge is -2.15. The van der Waals surface area contributed by atoms with E-state index in [0.717, 1.165) is 35.9 Å². The molecule has 0 spiro atoms. The van der Waals surface area contributed by atoms with Gasteiger partial charge in [0.1, 0.15) is 12.4 Å². The van der Waals surface area contributed by atoms with Gasteiger partial charge in [0.05, 0.1) is 5.69 Å². The topological polar surface area (TPSA) is 72.9 Å². The normalized spacial score (nSPS) is 14.5. The zero-order valence-corrected chi connectivity index (χ0v) is 13.9. The third-order valence-electron chi connectivity index (χ3n) is 4.29. The van der Waals surface area contributed by atoms with E-state index in [0.29, 0.717) is 18.3 Å². The average molecular weight is 324 g/mol. The number of aromatic nitrogens is 5. The van der Waals surface area contributed by atoms with Crippen molar-refractivity contribution in [2.75, 3.05) is 18.0 Å². The molecular weight excluding hydrogens is 304 g/mol. The van der Waals surface area contributed by atoms with E-state index in [1.54, 1.807) is 0 Å². The first kappa shape index (κ1) is 14.9. The van der Waals surface area contributed by atoms with E-state index in [9.17, 15) is 0 Å². The summed E-state index contributed by atoms with van der Waals surface area (Å²) in [5.74, 6) is 2.12. The highest BCUT2D eigenvalue weighted by molar-refractivity contribution is 5.56. The molecule has 0 saturated carbocycles. The number of aryl methyl sites for hydroxylation is 2. The Hall–Kier alpha value is -2.70. The molecule has 4 heterocycles. The molecule has 1 fully saturated rings. The van der Waals surface area contributed by atoms with Gasteiger partial charge in [0.25, 0.3) is 0 Å². The van der Waals surface area contributed by atoms with Crippen LogP contribution >= 0.6 is 0 Å². The van der Waals surface area contributed by atoms with Crippen molar-refractivity contribution in [3.63, 3.8) is 0 Å². The van der Waals surface area contributed by atoms with Crippen LogP contribution in [-0.2, 0) is 6.54 Å². The first-order chi connectivity index (χ1) is 11.7. The summed E-state index contributed by atoms with van der Waals surface area (Å²) in [5.41, 5.74) is 2.92. The summed E-state index contributed by atoms with van der Waals surface area (Å²) in [6.45, 7) is 6.63. The molecule has 0 unspecified atom stereocenters. The molecule has 0 bridgehead atoms. The smallest absolute Gasteiger partial charge is 0.248 e. The molecule has 24 heavy (non-hydrogen) atoms. The molecular formula is C17H20N6O. The van der Waals surface area contributed by atoms with Crippen LogP contribution in [0.3, 0.4) is 0 Å². The Balaban J connectivity index is 1.50. The van der Waals surface area contributed by atoms with E-state index >= 15 is 0 Å². The van der Waals surface area contributed by atoms with E-state index in [1.165, 1.54) is 12.8 Å². The van der Waals surface area contributed by atoms with Crippen LogP contribution in [0.4, 0.5) is 5.82 Å². The van der Waals surface area contributed by atoms with Gasteiger partial charge in [0.15, 0.2) is 0 Å². The second kappa shape index (κ2) is 6.07. The third-order valence-corrected chi connectivity index (χ3v) is 4.29. The molecule has 0 atom stereocenters. The summed E-state index contributed by atoms with van der Waals surface area (Å²) in [5, 5.41) is 8.48. The summed E-state index contributed by atoms with van der Waals surface area (Å²) in [7, 11) is 0. The summed E-state index contributed by atoms with van der Waals surface area (Å²) in [4.78, 5) is 11.3. The largest absolute Gasteiger partial charge is 0.357 e. The monoisotopic (exact) mass is 324 g/mol. The van der Waals surface area contributed by atoms with Gasteiger partial charge in [-0.2, -0.15) is 10.1 Å². The van der Waals surface area contributed by atoms with Gasteiger partial charge in [-0.05, 0) is 44.9 Å². The fourth-order valence-electron chi connectivity index (χ4n) is 3.05. The molecule has 1 saturated heterocycles. The highest BCUT2D eigenvalue weighted by atomic mass is 16.5. The van der Waals surface area contributed by atoms with Crippen molar-refractivity contribution in [3.8, 4) is 11.4 Å². The Morgan fingerprint density at radius 2 is 2.00 bits per heavy atom. The lowest BCUT2D eigenvalue weighted by molar-refractivity contribution is 0.364. The molecule has 3 aromatic rings. The molecule has 0 aromatic carbocycles. The van der Waals surface area contributed by atoms with E-state index in [1.807, 2.05) is 42.9 Å². The molecule has 3 aromatic heterocycles. The lowest BCUT2D eigenvalue weighted by atomic mass is 10.2. The van der Waals surface area contributed by atoms with Crippen molar-refractivity contribution in [1.29, 1.82) is 0 Å². The van der Waals surface area contributed by atoms with Gasteiger partial charge in [-0.1, -0.05) is 5.16 Å². The van der Waals surface area contributed by atoms with Gasteiger partial charge >= 0.3 is 0 Å². The fourth-order valence-corrected chi connectivity index (χ4v) is 3.05. The maximum Gasteiger partial charge on any atom is 0.248 e. The Bertz CT molecular complexity index is 829. The number of nitrogens with zero attached hydrogens (tertiary/aromatic N) is 6. The Labute approximate surface area is 140 Å². The number of anilines is 1. The van der Waals surface area contributed by atoms with Gasteiger partial charge in [-0.3, -0.25) is 4.68 Å². The molecule has 0 N–H and O–H groups in total. The predicted molar refractivity (Wildman–Crippen MR) is 89.8 cm³/mol. The minimum Gasteiger partial charge on any atom is -0.357 e. The minimum atomic E-state index is 0.478. The van der Waals surface area contributed by atoms with E-state index in [-0.39, 0.29) is 0 Å². The van der Waals surface area contributed by atoms with E-state index in [4.69, 9.17) is 4.52 Å². The van der Waals surface area contributed by atoms with Crippen molar-refractivity contribution >= 4 is 5.82 Å². The maximum absolute atomic E-state index is 5.36. The van der Waals surface area contributed by atoms with Gasteiger partial charge in [-0.15, -0.1) is 0 Å². The number of pyridine rings is 1. The van der Waals surface area contributed by atoms with Crippen LogP contribution in [-0.4, -0.2) is 38.0 Å². The average Bonchev–Trinajstić information content (AvgIpc) is 3.31. The summed E-state index contributed by atoms with van der Waals surface area (Å²) in [6.07, 6.45) is 4.29. The van der Waals surface area contributed by atoms with Gasteiger partial charge in [0, 0.05) is 30.5 Å². The van der Waals surface area contributed by atoms with Crippen LogP contribution in [0.5, 0.6) is 0 Å². The van der Waals surface area contributed by atoms with E-state index in [2.05, 4.69) is 25.1 Å². The van der Waals surface area contributed by atoms with E-state index < -0.39 is 0 Å². The molecule has 7 heteroatoms. The molecule has 0 amide bonds. The van der Waals surface area contributed by atoms with Crippen molar-refractivity contribution in [1.82, 2.24) is 24.9 Å². The van der Waals surface area contributed by atoms with Crippen LogP contribution in [0.25, 0.3) is 11.4 Å². The highest BCUT2D eigenvalue weighted by Crippen LogP contribution is 2.21. The van der Waals surface area contributed by atoms with Crippen molar-refractivity contribution in [3.05, 3.63) is 41.7 Å². The molecule has 1 aliphatic rings. The van der Waals surface area contributed by atoms with Gasteiger partial charge < -0.3 is 9.42 Å². The molecule has 1 aliphatic heterocycles. The molecule has 7 nitrogen and oxygen atoms in total. The number of hydrogen-bond acceptors (Lipinski definition) is 6. The quantitative estimate of drug-likeness (QED) is 0.734. The van der Waals surface area contributed by atoms with Crippen LogP contribution in [0.15, 0.2) is 28.9 Å². The van der Waals surface area contributed by atoms with Crippen molar-refractivity contribution in [2.45, 2.75) is 33.2 Å². The van der Waals surface area contributed by atoms with Crippen LogP contribution < -0.4 is 4.90 Å². The maximum atomic E-state index is 5.36. The Kier molecular flexibility index (Phi) is 3.76. The highest BCUT2D eigenvalue weighted by Gasteiger charge is 2.15. The van der Waals surface area contributed by atoms with Crippen LogP contribution in [0, 0.1) is 13.8 Å². The van der Waals surface area contributed by atoms with Gasteiger partial charge in [0.2, 0.25) is 11.7 Å². The second-order valence-electron chi connectivity index (χ2n) is 6.20. The van der Waals surface area contributed by atoms with Gasteiger partial charge in [-0.25, -0.2) is 4.98 Å². The standard InChI is InChI=1S/C17H20N6O/c1-12-9-13(2)23(20-12)11-16-19-17(21-24-16)14-5-6-15(18-10-14)22-7-3-4-8-22/h5-6,9-10H,3-4,7-8,11H2,1-2H3. The Morgan fingerprint density at radius 1 is 1.17 bits per heavy atom. The zero-order chi connectivity index (χ0) is 16.5. The summed E-state index contributed by atoms with van der Waals surface area (Å²) in [6, 6.07) is 6.05. The summed E-state index contributed by atoms with van der Waals surface area (Å²) < 4.78 is 7.22. The Morgan fingerprint density at radius 3 is 2.67 bits per heavy atom. The molecule has 124 valence electrons. The first-order valence-corrected chi connectivity index (χ1v) is 8.24. The fraction of sp³-hybridized carbons (Fsp3) is 0.412. The predicted octanol–water partition coefficient (Wildman–Crippen LogP) is 2.59. The molecule has 4 rings (SSSR count). The number of rotatable bonds is 4. The zero-order valence-electron chi connectivity index (χ0n) is 13.9. The summed E-state index contributed by atoms with van der Waals surface area (Å²) >= 11 is 0. The van der Waals surface area contributed by atoms with Crippen molar-refractivity contribution in [2.24, 2.45) is 0 Å². The number of hydrogen-bond donors (Lipinski definition) is 0. The molecule has 0 aliphatic carbocycles. The van der Waals surface area contributed by atoms with Crippen molar-refractivity contribution < 1.29 is 4.52 Å². The van der Waals surface area contributed by atoms with Crippen LogP contribution in [0.1, 0.15) is 30.1 Å². The minimum absolute atomic E-state index is 0.478. The first-order valence-electron chi connectivity index (χ1n) is 8.24. The lowest BCUT2D eigenvalue weighted by Crippen LogP contribution is -2.18.